The summed E-state index contributed by atoms with van der Waals surface area (Å²) in [6.07, 6.45) is 2.52. The predicted octanol–water partition coefficient (Wildman–Crippen LogP) is 1.38. The number of carbonyl (C=O) groups excluding carboxylic acids is 1. The molecule has 3 nitrogen and oxygen atoms in total. The molecule has 0 amide bonds. The molecule has 1 heterocycles. The standard InChI is InChI=1S/C11H13NO2Si/c1-15(2,14)9-3-4-10-8(7-13)6-12-11(10)5-9/h3-7,12,14H,1-2H3. The van der Waals surface area contributed by atoms with Crippen LogP contribution in [-0.4, -0.2) is 24.4 Å². The number of carbonyl (C=O) groups is 1. The van der Waals surface area contributed by atoms with Crippen molar-refractivity contribution in [1.29, 1.82) is 0 Å². The van der Waals surface area contributed by atoms with E-state index in [9.17, 15) is 9.59 Å². The van der Waals surface area contributed by atoms with Gasteiger partial charge >= 0.3 is 0 Å². The van der Waals surface area contributed by atoms with Gasteiger partial charge in [0, 0.05) is 22.7 Å². The Kier molecular flexibility index (Phi) is 2.25. The average Bonchev–Trinajstić information content (AvgIpc) is 2.58. The van der Waals surface area contributed by atoms with Crippen molar-refractivity contribution < 1.29 is 9.59 Å². The number of rotatable bonds is 2. The summed E-state index contributed by atoms with van der Waals surface area (Å²) in [6, 6.07) is 5.71. The van der Waals surface area contributed by atoms with Gasteiger partial charge in [-0.2, -0.15) is 0 Å². The lowest BCUT2D eigenvalue weighted by molar-refractivity contribution is 0.112. The first-order valence-corrected chi connectivity index (χ1v) is 7.76. The number of H-pyrrole nitrogens is 1. The molecule has 1 aromatic heterocycles. The number of aromatic nitrogens is 1. The second-order valence-electron chi connectivity index (χ2n) is 4.18. The van der Waals surface area contributed by atoms with E-state index in [0.29, 0.717) is 5.56 Å². The molecule has 4 heteroatoms. The number of fused-ring (bicyclic) bond motifs is 1. The van der Waals surface area contributed by atoms with Gasteiger partial charge < -0.3 is 9.78 Å². The van der Waals surface area contributed by atoms with Crippen LogP contribution in [0.4, 0.5) is 0 Å². The molecule has 2 N–H and O–H groups in total. The molecule has 1 aromatic carbocycles. The molecule has 2 aromatic rings. The van der Waals surface area contributed by atoms with Crippen LogP contribution >= 0.6 is 0 Å². The number of benzene rings is 1. The molecular formula is C11H13NO2Si. The van der Waals surface area contributed by atoms with Crippen LogP contribution < -0.4 is 5.19 Å². The van der Waals surface area contributed by atoms with Crippen LogP contribution in [0.1, 0.15) is 10.4 Å². The monoisotopic (exact) mass is 219 g/mol. The van der Waals surface area contributed by atoms with Gasteiger partial charge in [0.1, 0.15) is 0 Å². The maximum atomic E-state index is 10.7. The first-order valence-electron chi connectivity index (χ1n) is 4.81. The molecular weight excluding hydrogens is 206 g/mol. The highest BCUT2D eigenvalue weighted by molar-refractivity contribution is 6.83. The lowest BCUT2D eigenvalue weighted by atomic mass is 10.2. The topological polar surface area (TPSA) is 53.1 Å². The van der Waals surface area contributed by atoms with Crippen LogP contribution in [0.15, 0.2) is 24.4 Å². The maximum absolute atomic E-state index is 10.7. The number of hydrogen-bond donors (Lipinski definition) is 2. The molecule has 0 aliphatic carbocycles. The van der Waals surface area contributed by atoms with Crippen molar-refractivity contribution in [3.63, 3.8) is 0 Å². The first kappa shape index (κ1) is 10.1. The van der Waals surface area contributed by atoms with Crippen molar-refractivity contribution in [2.24, 2.45) is 0 Å². The van der Waals surface area contributed by atoms with Crippen molar-refractivity contribution in [2.75, 3.05) is 0 Å². The molecule has 0 saturated carbocycles. The van der Waals surface area contributed by atoms with E-state index in [1.54, 1.807) is 6.20 Å². The second kappa shape index (κ2) is 3.32. The average molecular weight is 219 g/mol. The Morgan fingerprint density at radius 2 is 2.13 bits per heavy atom. The molecule has 0 unspecified atom stereocenters. The summed E-state index contributed by atoms with van der Waals surface area (Å²) in [5, 5.41) is 1.88. The Bertz CT molecular complexity index is 511. The zero-order valence-corrected chi connectivity index (χ0v) is 9.74. The van der Waals surface area contributed by atoms with Crippen LogP contribution in [0.2, 0.25) is 13.1 Å². The predicted molar refractivity (Wildman–Crippen MR) is 63.0 cm³/mol. The number of aromatic amines is 1. The Morgan fingerprint density at radius 3 is 2.73 bits per heavy atom. The van der Waals surface area contributed by atoms with Crippen molar-refractivity contribution in [1.82, 2.24) is 4.98 Å². The van der Waals surface area contributed by atoms with Crippen molar-refractivity contribution in [3.05, 3.63) is 30.0 Å². The lowest BCUT2D eigenvalue weighted by Crippen LogP contribution is -2.41. The number of aldehydes is 1. The Balaban J connectivity index is 2.63. The van der Waals surface area contributed by atoms with Crippen molar-refractivity contribution in [3.8, 4) is 0 Å². The van der Waals surface area contributed by atoms with E-state index in [0.717, 1.165) is 22.4 Å². The maximum Gasteiger partial charge on any atom is 0.214 e. The second-order valence-corrected chi connectivity index (χ2v) is 7.88. The van der Waals surface area contributed by atoms with Crippen LogP contribution in [0.3, 0.4) is 0 Å². The quantitative estimate of drug-likeness (QED) is 0.592. The van der Waals surface area contributed by atoms with E-state index in [2.05, 4.69) is 4.98 Å². The fourth-order valence-electron chi connectivity index (χ4n) is 1.63. The Hall–Kier alpha value is -1.39. The van der Waals surface area contributed by atoms with Gasteiger partial charge in [-0.1, -0.05) is 12.1 Å². The van der Waals surface area contributed by atoms with Gasteiger partial charge in [0.25, 0.3) is 0 Å². The summed E-state index contributed by atoms with van der Waals surface area (Å²) < 4.78 is 0. The smallest absolute Gasteiger partial charge is 0.214 e. The molecule has 78 valence electrons. The van der Waals surface area contributed by atoms with Gasteiger partial charge in [-0.3, -0.25) is 4.79 Å². The zero-order chi connectivity index (χ0) is 11.1. The number of nitrogens with one attached hydrogen (secondary N) is 1. The minimum absolute atomic E-state index is 0.661. The summed E-state index contributed by atoms with van der Waals surface area (Å²) in [5.41, 5.74) is 1.57. The van der Waals surface area contributed by atoms with E-state index >= 15 is 0 Å². The lowest BCUT2D eigenvalue weighted by Gasteiger charge is -2.14. The molecule has 0 atom stereocenters. The SMILES string of the molecule is C[Si](C)(O)c1ccc2c(C=O)c[nH]c2c1. The largest absolute Gasteiger partial charge is 0.428 e. The molecule has 15 heavy (non-hydrogen) atoms. The highest BCUT2D eigenvalue weighted by Gasteiger charge is 2.20. The molecule has 0 saturated heterocycles. The minimum atomic E-state index is -2.26. The molecule has 0 aliphatic heterocycles. The third-order valence-electron chi connectivity index (χ3n) is 2.55. The summed E-state index contributed by atoms with van der Waals surface area (Å²) in [5.74, 6) is 0. The normalized spacial score (nSPS) is 11.9. The fraction of sp³-hybridized carbons (Fsp3) is 0.182. The van der Waals surface area contributed by atoms with E-state index in [1.165, 1.54) is 0 Å². The summed E-state index contributed by atoms with van der Waals surface area (Å²) in [7, 11) is -2.26. The molecule has 0 aliphatic rings. The molecule has 0 bridgehead atoms. The molecule has 0 radical (unpaired) electrons. The number of hydrogen-bond acceptors (Lipinski definition) is 2. The third kappa shape index (κ3) is 1.73. The summed E-state index contributed by atoms with van der Waals surface area (Å²) in [4.78, 5) is 23.7. The van der Waals surface area contributed by atoms with Gasteiger partial charge in [-0.05, 0) is 24.3 Å². The van der Waals surface area contributed by atoms with Crippen LogP contribution in [0.25, 0.3) is 10.9 Å². The Morgan fingerprint density at radius 1 is 1.40 bits per heavy atom. The van der Waals surface area contributed by atoms with Crippen LogP contribution in [0.5, 0.6) is 0 Å². The first-order chi connectivity index (χ1) is 7.02. The summed E-state index contributed by atoms with van der Waals surface area (Å²) in [6.45, 7) is 3.75. The minimum Gasteiger partial charge on any atom is -0.428 e. The highest BCUT2D eigenvalue weighted by Crippen LogP contribution is 2.16. The van der Waals surface area contributed by atoms with Gasteiger partial charge in [0.2, 0.25) is 8.32 Å². The van der Waals surface area contributed by atoms with Gasteiger partial charge in [0.15, 0.2) is 6.29 Å². The fourth-order valence-corrected chi connectivity index (χ4v) is 2.62. The molecule has 0 fully saturated rings. The van der Waals surface area contributed by atoms with Crippen molar-refractivity contribution in [2.45, 2.75) is 13.1 Å². The van der Waals surface area contributed by atoms with E-state index in [4.69, 9.17) is 0 Å². The van der Waals surface area contributed by atoms with Gasteiger partial charge in [0.05, 0.1) is 0 Å². The van der Waals surface area contributed by atoms with Gasteiger partial charge in [-0.25, -0.2) is 0 Å². The van der Waals surface area contributed by atoms with Crippen molar-refractivity contribution >= 4 is 30.7 Å². The van der Waals surface area contributed by atoms with Gasteiger partial charge in [-0.15, -0.1) is 0 Å². The Labute approximate surface area is 88.9 Å². The van der Waals surface area contributed by atoms with E-state index < -0.39 is 8.32 Å². The van der Waals surface area contributed by atoms with E-state index in [1.807, 2.05) is 31.3 Å². The molecule has 0 spiro atoms. The van der Waals surface area contributed by atoms with Crippen LogP contribution in [-0.2, 0) is 0 Å². The zero-order valence-electron chi connectivity index (χ0n) is 8.74. The highest BCUT2D eigenvalue weighted by atomic mass is 28.4. The van der Waals surface area contributed by atoms with E-state index in [-0.39, 0.29) is 0 Å². The van der Waals surface area contributed by atoms with Crippen LogP contribution in [0, 0.1) is 0 Å². The third-order valence-corrected chi connectivity index (χ3v) is 4.27. The summed E-state index contributed by atoms with van der Waals surface area (Å²) >= 11 is 0. The molecule has 2 rings (SSSR count).